The number of thiophene rings is 1. The third kappa shape index (κ3) is 3.77. The van der Waals surface area contributed by atoms with E-state index in [1.807, 2.05) is 39.0 Å². The van der Waals surface area contributed by atoms with E-state index in [9.17, 15) is 4.79 Å². The van der Waals surface area contributed by atoms with E-state index in [1.54, 1.807) is 16.0 Å². The van der Waals surface area contributed by atoms with E-state index in [0.717, 1.165) is 25.8 Å². The van der Waals surface area contributed by atoms with Gasteiger partial charge in [0.1, 0.15) is 6.54 Å². The van der Waals surface area contributed by atoms with E-state index < -0.39 is 0 Å². The summed E-state index contributed by atoms with van der Waals surface area (Å²) >= 11 is 4.97. The molecule has 1 amide bonds. The summed E-state index contributed by atoms with van der Waals surface area (Å²) in [5.74, 6) is -0.189. The van der Waals surface area contributed by atoms with E-state index in [4.69, 9.17) is 0 Å². The first-order valence-corrected chi connectivity index (χ1v) is 7.66. The minimum atomic E-state index is -0.189. The minimum Gasteiger partial charge on any atom is -0.271 e. The summed E-state index contributed by atoms with van der Waals surface area (Å²) in [4.78, 5) is 12.8. The highest BCUT2D eigenvalue weighted by atomic mass is 79.9. The van der Waals surface area contributed by atoms with Crippen LogP contribution in [0.15, 0.2) is 27.1 Å². The molecular formula is C13H15BrN4OS. The summed E-state index contributed by atoms with van der Waals surface area (Å²) in [6, 6.07) is 5.85. The standard InChI is InChI=1S/C13H15BrN4OS/c1-8-6-9(2)18(17-8)7-13(19)16-15-10(3)11-4-5-12(14)20-11/h4-6H,7H2,1-3H3,(H,16,19)/b15-10-. The maximum atomic E-state index is 11.8. The Balaban J connectivity index is 1.96. The number of nitrogens with one attached hydrogen (secondary N) is 1. The van der Waals surface area contributed by atoms with Gasteiger partial charge in [-0.2, -0.15) is 10.2 Å². The molecule has 0 radical (unpaired) electrons. The van der Waals surface area contributed by atoms with Gasteiger partial charge >= 0.3 is 0 Å². The molecule has 20 heavy (non-hydrogen) atoms. The summed E-state index contributed by atoms with van der Waals surface area (Å²) in [7, 11) is 0. The van der Waals surface area contributed by atoms with Crippen molar-refractivity contribution in [2.45, 2.75) is 27.3 Å². The van der Waals surface area contributed by atoms with Gasteiger partial charge in [-0.1, -0.05) is 0 Å². The van der Waals surface area contributed by atoms with Gasteiger partial charge in [-0.15, -0.1) is 11.3 Å². The molecule has 0 aliphatic heterocycles. The Bertz CT molecular complexity index is 659. The Morgan fingerprint density at radius 1 is 1.50 bits per heavy atom. The van der Waals surface area contributed by atoms with Crippen LogP contribution in [-0.2, 0) is 11.3 Å². The molecule has 7 heteroatoms. The van der Waals surface area contributed by atoms with Crippen molar-refractivity contribution >= 4 is 38.9 Å². The fourth-order valence-electron chi connectivity index (χ4n) is 1.72. The van der Waals surface area contributed by atoms with Gasteiger partial charge in [-0.3, -0.25) is 9.48 Å². The highest BCUT2D eigenvalue weighted by Gasteiger charge is 2.07. The van der Waals surface area contributed by atoms with Crippen LogP contribution in [-0.4, -0.2) is 21.4 Å². The number of rotatable bonds is 4. The van der Waals surface area contributed by atoms with E-state index in [-0.39, 0.29) is 12.5 Å². The number of hydrogen-bond acceptors (Lipinski definition) is 4. The quantitative estimate of drug-likeness (QED) is 0.677. The van der Waals surface area contributed by atoms with Crippen molar-refractivity contribution in [1.29, 1.82) is 0 Å². The number of carbonyl (C=O) groups excluding carboxylic acids is 1. The maximum Gasteiger partial charge on any atom is 0.261 e. The summed E-state index contributed by atoms with van der Waals surface area (Å²) < 4.78 is 2.70. The molecule has 0 spiro atoms. The first-order valence-electron chi connectivity index (χ1n) is 6.05. The molecule has 0 saturated carbocycles. The van der Waals surface area contributed by atoms with Gasteiger partial charge in [-0.25, -0.2) is 5.43 Å². The average Bonchev–Trinajstić information content (AvgIpc) is 2.93. The minimum absolute atomic E-state index is 0.171. The summed E-state index contributed by atoms with van der Waals surface area (Å²) in [6.45, 7) is 5.86. The fourth-order valence-corrected chi connectivity index (χ4v) is 3.05. The lowest BCUT2D eigenvalue weighted by Crippen LogP contribution is -2.25. The van der Waals surface area contributed by atoms with E-state index in [1.165, 1.54) is 0 Å². The molecule has 2 rings (SSSR count). The molecule has 0 aliphatic carbocycles. The largest absolute Gasteiger partial charge is 0.271 e. The lowest BCUT2D eigenvalue weighted by molar-refractivity contribution is -0.121. The number of amides is 1. The van der Waals surface area contributed by atoms with E-state index >= 15 is 0 Å². The van der Waals surface area contributed by atoms with Gasteiger partial charge in [0.25, 0.3) is 5.91 Å². The van der Waals surface area contributed by atoms with Crippen LogP contribution in [0.1, 0.15) is 23.2 Å². The number of hydrogen-bond donors (Lipinski definition) is 1. The first kappa shape index (κ1) is 14.9. The van der Waals surface area contributed by atoms with Crippen molar-refractivity contribution in [3.8, 4) is 0 Å². The predicted molar refractivity (Wildman–Crippen MR) is 84.1 cm³/mol. The Morgan fingerprint density at radius 3 is 2.80 bits per heavy atom. The number of aromatic nitrogens is 2. The molecule has 1 N–H and O–H groups in total. The van der Waals surface area contributed by atoms with Crippen LogP contribution in [0, 0.1) is 13.8 Å². The second kappa shape index (κ2) is 6.32. The lowest BCUT2D eigenvalue weighted by atomic mass is 10.3. The highest BCUT2D eigenvalue weighted by molar-refractivity contribution is 9.11. The molecule has 0 atom stereocenters. The molecule has 0 unspecified atom stereocenters. The Kier molecular flexibility index (Phi) is 4.72. The number of carbonyl (C=O) groups is 1. The molecule has 0 aromatic carbocycles. The second-order valence-electron chi connectivity index (χ2n) is 4.42. The van der Waals surface area contributed by atoms with Crippen LogP contribution < -0.4 is 5.43 Å². The third-order valence-corrected chi connectivity index (χ3v) is 4.41. The van der Waals surface area contributed by atoms with Gasteiger partial charge in [0.15, 0.2) is 0 Å². The number of nitrogens with zero attached hydrogens (tertiary/aromatic N) is 3. The second-order valence-corrected chi connectivity index (χ2v) is 6.88. The molecule has 5 nitrogen and oxygen atoms in total. The predicted octanol–water partition coefficient (Wildman–Crippen LogP) is 2.86. The molecule has 0 aliphatic rings. The summed E-state index contributed by atoms with van der Waals surface area (Å²) in [5.41, 5.74) is 5.19. The summed E-state index contributed by atoms with van der Waals surface area (Å²) in [5, 5.41) is 8.35. The van der Waals surface area contributed by atoms with Crippen molar-refractivity contribution in [1.82, 2.24) is 15.2 Å². The van der Waals surface area contributed by atoms with Gasteiger partial charge in [0.05, 0.1) is 20.1 Å². The molecule has 0 fully saturated rings. The van der Waals surface area contributed by atoms with Crippen LogP contribution in [0.25, 0.3) is 0 Å². The van der Waals surface area contributed by atoms with Crippen molar-refractivity contribution < 1.29 is 4.79 Å². The zero-order valence-electron chi connectivity index (χ0n) is 11.5. The van der Waals surface area contributed by atoms with Gasteiger partial charge < -0.3 is 0 Å². The molecule has 0 saturated heterocycles. The first-order chi connectivity index (χ1) is 9.45. The van der Waals surface area contributed by atoms with Crippen LogP contribution in [0.2, 0.25) is 0 Å². The van der Waals surface area contributed by atoms with Crippen LogP contribution in [0.5, 0.6) is 0 Å². The zero-order chi connectivity index (χ0) is 14.7. The van der Waals surface area contributed by atoms with E-state index in [0.29, 0.717) is 0 Å². The molecular weight excluding hydrogens is 340 g/mol. The zero-order valence-corrected chi connectivity index (χ0v) is 13.9. The normalized spacial score (nSPS) is 11.7. The van der Waals surface area contributed by atoms with Gasteiger partial charge in [0.2, 0.25) is 0 Å². The molecule has 2 aromatic rings. The molecule has 2 heterocycles. The molecule has 0 bridgehead atoms. The van der Waals surface area contributed by atoms with Crippen molar-refractivity contribution in [3.63, 3.8) is 0 Å². The Labute approximate surface area is 129 Å². The van der Waals surface area contributed by atoms with Crippen molar-refractivity contribution in [3.05, 3.63) is 38.3 Å². The third-order valence-electron chi connectivity index (χ3n) is 2.67. The van der Waals surface area contributed by atoms with Crippen molar-refractivity contribution in [2.75, 3.05) is 0 Å². The number of hydrazone groups is 1. The van der Waals surface area contributed by atoms with Crippen LogP contribution in [0.3, 0.4) is 0 Å². The summed E-state index contributed by atoms with van der Waals surface area (Å²) in [6.07, 6.45) is 0. The molecule has 106 valence electrons. The topological polar surface area (TPSA) is 59.3 Å². The van der Waals surface area contributed by atoms with Gasteiger partial charge in [-0.05, 0) is 54.9 Å². The van der Waals surface area contributed by atoms with Gasteiger partial charge in [0, 0.05) is 5.69 Å². The average molecular weight is 355 g/mol. The Morgan fingerprint density at radius 2 is 2.25 bits per heavy atom. The smallest absolute Gasteiger partial charge is 0.261 e. The number of aryl methyl sites for hydroxylation is 2. The highest BCUT2D eigenvalue weighted by Crippen LogP contribution is 2.22. The van der Waals surface area contributed by atoms with Crippen molar-refractivity contribution in [2.24, 2.45) is 5.10 Å². The monoisotopic (exact) mass is 354 g/mol. The maximum absolute atomic E-state index is 11.8. The SMILES string of the molecule is C/C(=N/NC(=O)Cn1nc(C)cc1C)c1ccc(Br)s1. The van der Waals surface area contributed by atoms with E-state index in [2.05, 4.69) is 31.6 Å². The molecule has 2 aromatic heterocycles. The fraction of sp³-hybridized carbons (Fsp3) is 0.308. The Hall–Kier alpha value is -1.47. The lowest BCUT2D eigenvalue weighted by Gasteiger charge is -2.03. The van der Waals surface area contributed by atoms with Crippen LogP contribution in [0.4, 0.5) is 0 Å². The van der Waals surface area contributed by atoms with Crippen LogP contribution >= 0.6 is 27.3 Å². The number of halogens is 1.